The molecular weight excluding hydrogens is 188 g/mol. The number of hydrogen-bond donors (Lipinski definition) is 3. The Morgan fingerprint density at radius 3 is 2.69 bits per heavy atom. The Hall–Kier alpha value is -0.770. The van der Waals surface area contributed by atoms with Crippen molar-refractivity contribution < 1.29 is 5.11 Å². The van der Waals surface area contributed by atoms with E-state index in [9.17, 15) is 5.11 Å². The molecule has 0 unspecified atom stereocenters. The summed E-state index contributed by atoms with van der Waals surface area (Å²) in [6.07, 6.45) is 0. The van der Waals surface area contributed by atoms with Gasteiger partial charge in [-0.2, -0.15) is 0 Å². The molecule has 0 aliphatic rings. The normalized spacial score (nSPS) is 12.9. The average molecular weight is 201 g/mol. The number of hydrogen-bond acceptors (Lipinski definition) is 3. The number of rotatable bonds is 2. The van der Waals surface area contributed by atoms with Crippen LogP contribution in [0.5, 0.6) is 5.75 Å². The summed E-state index contributed by atoms with van der Waals surface area (Å²) in [5, 5.41) is 10.1. The maximum atomic E-state index is 9.52. The second-order valence-electron chi connectivity index (χ2n) is 3.00. The maximum Gasteiger partial charge on any atom is 0.120 e. The van der Waals surface area contributed by atoms with Crippen molar-refractivity contribution in [3.05, 3.63) is 28.3 Å². The van der Waals surface area contributed by atoms with Gasteiger partial charge in [0.15, 0.2) is 0 Å². The first-order valence-corrected chi connectivity index (χ1v) is 4.38. The molecule has 4 heteroatoms. The molecule has 0 aliphatic carbocycles. The van der Waals surface area contributed by atoms with Gasteiger partial charge in [-0.3, -0.25) is 0 Å². The van der Waals surface area contributed by atoms with Crippen molar-refractivity contribution in [1.29, 1.82) is 0 Å². The van der Waals surface area contributed by atoms with Crippen molar-refractivity contribution in [2.75, 3.05) is 6.54 Å². The third kappa shape index (κ3) is 2.12. The number of aryl methyl sites for hydroxylation is 1. The SMILES string of the molecule is Cc1cc(O)c([C@@H](N)CN)cc1Cl. The van der Waals surface area contributed by atoms with E-state index in [-0.39, 0.29) is 18.3 Å². The van der Waals surface area contributed by atoms with E-state index in [1.54, 1.807) is 12.1 Å². The second-order valence-corrected chi connectivity index (χ2v) is 3.41. The first-order chi connectivity index (χ1) is 6.06. The van der Waals surface area contributed by atoms with Crippen molar-refractivity contribution in [3.63, 3.8) is 0 Å². The molecule has 1 aromatic rings. The maximum absolute atomic E-state index is 9.52. The highest BCUT2D eigenvalue weighted by Gasteiger charge is 2.11. The molecule has 72 valence electrons. The predicted octanol–water partition coefficient (Wildman–Crippen LogP) is 1.31. The molecule has 0 radical (unpaired) electrons. The van der Waals surface area contributed by atoms with E-state index in [1.807, 2.05) is 6.92 Å². The lowest BCUT2D eigenvalue weighted by atomic mass is 10.0. The summed E-state index contributed by atoms with van der Waals surface area (Å²) in [6.45, 7) is 2.10. The Labute approximate surface area is 82.3 Å². The minimum Gasteiger partial charge on any atom is -0.508 e. The standard InChI is InChI=1S/C9H13ClN2O/c1-5-2-9(13)6(3-7(5)10)8(12)4-11/h2-3,8,13H,4,11-12H2,1H3/t8-/m0/s1. The molecular formula is C9H13ClN2O. The van der Waals surface area contributed by atoms with E-state index in [0.29, 0.717) is 10.6 Å². The Morgan fingerprint density at radius 1 is 1.54 bits per heavy atom. The van der Waals surface area contributed by atoms with Gasteiger partial charge in [0.1, 0.15) is 5.75 Å². The van der Waals surface area contributed by atoms with E-state index < -0.39 is 0 Å². The summed E-state index contributed by atoms with van der Waals surface area (Å²) in [5.41, 5.74) is 12.5. The molecule has 0 spiro atoms. The molecule has 0 aromatic heterocycles. The van der Waals surface area contributed by atoms with Crippen LogP contribution in [-0.4, -0.2) is 11.7 Å². The van der Waals surface area contributed by atoms with Crippen LogP contribution in [0.3, 0.4) is 0 Å². The molecule has 13 heavy (non-hydrogen) atoms. The summed E-state index contributed by atoms with van der Waals surface area (Å²) < 4.78 is 0. The highest BCUT2D eigenvalue weighted by atomic mass is 35.5. The van der Waals surface area contributed by atoms with Gasteiger partial charge in [0.05, 0.1) is 0 Å². The topological polar surface area (TPSA) is 72.3 Å². The van der Waals surface area contributed by atoms with Gasteiger partial charge in [-0.1, -0.05) is 11.6 Å². The van der Waals surface area contributed by atoms with Gasteiger partial charge in [0, 0.05) is 23.2 Å². The number of phenols is 1. The second kappa shape index (κ2) is 3.96. The number of halogens is 1. The van der Waals surface area contributed by atoms with E-state index in [4.69, 9.17) is 23.1 Å². The van der Waals surface area contributed by atoms with Gasteiger partial charge in [0.2, 0.25) is 0 Å². The van der Waals surface area contributed by atoms with Gasteiger partial charge in [0.25, 0.3) is 0 Å². The van der Waals surface area contributed by atoms with Gasteiger partial charge in [-0.25, -0.2) is 0 Å². The predicted molar refractivity (Wildman–Crippen MR) is 53.8 cm³/mol. The Morgan fingerprint density at radius 2 is 2.15 bits per heavy atom. The summed E-state index contributed by atoms with van der Waals surface area (Å²) in [6, 6.07) is 2.88. The summed E-state index contributed by atoms with van der Waals surface area (Å²) in [4.78, 5) is 0. The average Bonchev–Trinajstić information content (AvgIpc) is 2.10. The minimum absolute atomic E-state index is 0.153. The largest absolute Gasteiger partial charge is 0.508 e. The number of aromatic hydroxyl groups is 1. The quantitative estimate of drug-likeness (QED) is 0.674. The summed E-state index contributed by atoms with van der Waals surface area (Å²) in [7, 11) is 0. The first-order valence-electron chi connectivity index (χ1n) is 4.01. The lowest BCUT2D eigenvalue weighted by molar-refractivity contribution is 0.461. The Kier molecular flexibility index (Phi) is 3.14. The van der Waals surface area contributed by atoms with Crippen LogP contribution in [0.25, 0.3) is 0 Å². The summed E-state index contributed by atoms with van der Waals surface area (Å²) >= 11 is 5.88. The molecule has 0 saturated heterocycles. The van der Waals surface area contributed by atoms with Crippen LogP contribution >= 0.6 is 11.6 Å². The van der Waals surface area contributed by atoms with Crippen LogP contribution in [0.1, 0.15) is 17.2 Å². The fraction of sp³-hybridized carbons (Fsp3) is 0.333. The zero-order valence-corrected chi connectivity index (χ0v) is 8.17. The van der Waals surface area contributed by atoms with Gasteiger partial charge < -0.3 is 16.6 Å². The lowest BCUT2D eigenvalue weighted by Crippen LogP contribution is -2.20. The minimum atomic E-state index is -0.363. The molecule has 0 fully saturated rings. The van der Waals surface area contributed by atoms with Crippen LogP contribution in [0.15, 0.2) is 12.1 Å². The van der Waals surface area contributed by atoms with Gasteiger partial charge in [-0.15, -0.1) is 0 Å². The fourth-order valence-corrected chi connectivity index (χ4v) is 1.28. The molecule has 1 rings (SSSR count). The van der Waals surface area contributed by atoms with Crippen LogP contribution in [0.4, 0.5) is 0 Å². The Balaban J connectivity index is 3.15. The highest BCUT2D eigenvalue weighted by Crippen LogP contribution is 2.28. The zero-order valence-electron chi connectivity index (χ0n) is 7.42. The third-order valence-corrected chi connectivity index (χ3v) is 2.37. The zero-order chi connectivity index (χ0) is 10.0. The van der Waals surface area contributed by atoms with Gasteiger partial charge in [-0.05, 0) is 24.6 Å². The van der Waals surface area contributed by atoms with Crippen molar-refractivity contribution in [1.82, 2.24) is 0 Å². The number of benzene rings is 1. The monoisotopic (exact) mass is 200 g/mol. The molecule has 5 N–H and O–H groups in total. The lowest BCUT2D eigenvalue weighted by Gasteiger charge is -2.12. The van der Waals surface area contributed by atoms with E-state index in [2.05, 4.69) is 0 Å². The smallest absolute Gasteiger partial charge is 0.120 e. The van der Waals surface area contributed by atoms with Crippen LogP contribution in [0.2, 0.25) is 5.02 Å². The fourth-order valence-electron chi connectivity index (χ4n) is 1.11. The van der Waals surface area contributed by atoms with Crippen molar-refractivity contribution in [3.8, 4) is 5.75 Å². The van der Waals surface area contributed by atoms with Gasteiger partial charge >= 0.3 is 0 Å². The van der Waals surface area contributed by atoms with E-state index >= 15 is 0 Å². The van der Waals surface area contributed by atoms with Crippen LogP contribution < -0.4 is 11.5 Å². The van der Waals surface area contributed by atoms with Crippen LogP contribution in [-0.2, 0) is 0 Å². The van der Waals surface area contributed by atoms with Crippen molar-refractivity contribution in [2.24, 2.45) is 11.5 Å². The van der Waals surface area contributed by atoms with Crippen LogP contribution in [0, 0.1) is 6.92 Å². The molecule has 1 aromatic carbocycles. The molecule has 0 aliphatic heterocycles. The Bertz CT molecular complexity index is 315. The number of phenolic OH excluding ortho intramolecular Hbond substituents is 1. The molecule has 0 amide bonds. The first kappa shape index (κ1) is 10.3. The number of nitrogens with two attached hydrogens (primary N) is 2. The van der Waals surface area contributed by atoms with E-state index in [1.165, 1.54) is 0 Å². The van der Waals surface area contributed by atoms with Crippen molar-refractivity contribution in [2.45, 2.75) is 13.0 Å². The summed E-state index contributed by atoms with van der Waals surface area (Å²) in [5.74, 6) is 0.153. The van der Waals surface area contributed by atoms with E-state index in [0.717, 1.165) is 5.56 Å². The molecule has 0 bridgehead atoms. The molecule has 0 saturated carbocycles. The molecule has 0 heterocycles. The van der Waals surface area contributed by atoms with Crippen molar-refractivity contribution >= 4 is 11.6 Å². The highest BCUT2D eigenvalue weighted by molar-refractivity contribution is 6.31. The molecule has 1 atom stereocenters. The molecule has 3 nitrogen and oxygen atoms in total. The third-order valence-electron chi connectivity index (χ3n) is 1.96.